The highest BCUT2D eigenvalue weighted by atomic mass is 16.3. The number of hydrogen-bond donors (Lipinski definition) is 2. The fraction of sp³-hybridized carbons (Fsp3) is 1.00. The summed E-state index contributed by atoms with van der Waals surface area (Å²) in [6.07, 6.45) is 12.7. The van der Waals surface area contributed by atoms with E-state index in [9.17, 15) is 0 Å². The largest absolute Gasteiger partial charge is 0.393 e. The van der Waals surface area contributed by atoms with Crippen LogP contribution in [0.5, 0.6) is 0 Å². The first-order valence-corrected chi connectivity index (χ1v) is 7.66. The summed E-state index contributed by atoms with van der Waals surface area (Å²) < 4.78 is 0. The first kappa shape index (κ1) is 16.9. The maximum atomic E-state index is 9.11. The lowest BCUT2D eigenvalue weighted by Gasteiger charge is -2.05. The van der Waals surface area contributed by atoms with Crippen LogP contribution in [0.2, 0.25) is 0 Å². The summed E-state index contributed by atoms with van der Waals surface area (Å²) in [6.45, 7) is 6.50. The molecule has 1 unspecified atom stereocenters. The third kappa shape index (κ3) is 15.9. The van der Waals surface area contributed by atoms with E-state index in [0.717, 1.165) is 6.42 Å². The van der Waals surface area contributed by atoms with Crippen molar-refractivity contribution < 1.29 is 5.11 Å². The Kier molecular flexibility index (Phi) is 13.9. The highest BCUT2D eigenvalue weighted by molar-refractivity contribution is 4.52. The molecule has 0 aliphatic rings. The van der Waals surface area contributed by atoms with Crippen molar-refractivity contribution in [1.82, 2.24) is 5.32 Å². The molecular weight excluding hydrogens is 210 g/mol. The summed E-state index contributed by atoms with van der Waals surface area (Å²) in [6, 6.07) is 0. The van der Waals surface area contributed by atoms with Gasteiger partial charge in [0.15, 0.2) is 0 Å². The third-order valence-corrected chi connectivity index (χ3v) is 3.18. The number of hydrogen-bond acceptors (Lipinski definition) is 2. The molecule has 0 aliphatic carbocycles. The summed E-state index contributed by atoms with van der Waals surface area (Å²) in [5.41, 5.74) is 0. The van der Waals surface area contributed by atoms with Gasteiger partial charge in [0.05, 0.1) is 6.10 Å². The van der Waals surface area contributed by atoms with Gasteiger partial charge in [-0.3, -0.25) is 0 Å². The number of unbranched alkanes of at least 4 members (excludes halogenated alkanes) is 7. The lowest BCUT2D eigenvalue weighted by Crippen LogP contribution is -2.16. The van der Waals surface area contributed by atoms with Gasteiger partial charge in [-0.05, 0) is 39.3 Å². The summed E-state index contributed by atoms with van der Waals surface area (Å²) >= 11 is 0. The molecule has 104 valence electrons. The zero-order valence-electron chi connectivity index (χ0n) is 12.0. The van der Waals surface area contributed by atoms with E-state index in [-0.39, 0.29) is 6.10 Å². The second-order valence-electron chi connectivity index (χ2n) is 5.22. The molecule has 1 atom stereocenters. The van der Waals surface area contributed by atoms with E-state index in [1.54, 1.807) is 0 Å². The van der Waals surface area contributed by atoms with Crippen molar-refractivity contribution in [1.29, 1.82) is 0 Å². The minimum Gasteiger partial charge on any atom is -0.393 e. The topological polar surface area (TPSA) is 32.3 Å². The van der Waals surface area contributed by atoms with Crippen molar-refractivity contribution in [2.75, 3.05) is 13.1 Å². The normalized spacial score (nSPS) is 12.9. The van der Waals surface area contributed by atoms with Crippen LogP contribution in [0.15, 0.2) is 0 Å². The van der Waals surface area contributed by atoms with Crippen molar-refractivity contribution in [3.05, 3.63) is 0 Å². The average Bonchev–Trinajstić information content (AvgIpc) is 2.30. The molecule has 2 nitrogen and oxygen atoms in total. The molecule has 0 heterocycles. The fourth-order valence-electron chi connectivity index (χ4n) is 2.00. The zero-order valence-corrected chi connectivity index (χ0v) is 12.0. The van der Waals surface area contributed by atoms with Crippen molar-refractivity contribution >= 4 is 0 Å². The van der Waals surface area contributed by atoms with Gasteiger partial charge < -0.3 is 10.4 Å². The van der Waals surface area contributed by atoms with Gasteiger partial charge in [-0.1, -0.05) is 51.9 Å². The van der Waals surface area contributed by atoms with Gasteiger partial charge in [0.2, 0.25) is 0 Å². The molecule has 0 bridgehead atoms. The summed E-state index contributed by atoms with van der Waals surface area (Å²) in [5, 5.41) is 12.6. The lowest BCUT2D eigenvalue weighted by atomic mass is 10.1. The molecule has 0 aromatic rings. The molecule has 0 fully saturated rings. The Morgan fingerprint density at radius 1 is 0.824 bits per heavy atom. The summed E-state index contributed by atoms with van der Waals surface area (Å²) in [7, 11) is 0. The SMILES string of the molecule is CCCCNCCCCCCCCCC(C)O. The van der Waals surface area contributed by atoms with Crippen LogP contribution >= 0.6 is 0 Å². The van der Waals surface area contributed by atoms with E-state index in [1.807, 2.05) is 6.92 Å². The Morgan fingerprint density at radius 2 is 1.35 bits per heavy atom. The Morgan fingerprint density at radius 3 is 1.94 bits per heavy atom. The lowest BCUT2D eigenvalue weighted by molar-refractivity contribution is 0.180. The molecule has 0 rings (SSSR count). The van der Waals surface area contributed by atoms with Crippen LogP contribution in [0.4, 0.5) is 0 Å². The number of rotatable bonds is 13. The van der Waals surface area contributed by atoms with Crippen molar-refractivity contribution in [3.63, 3.8) is 0 Å². The Labute approximate surface area is 108 Å². The van der Waals surface area contributed by atoms with E-state index in [4.69, 9.17) is 5.11 Å². The van der Waals surface area contributed by atoms with Crippen LogP contribution in [0, 0.1) is 0 Å². The molecule has 0 aromatic carbocycles. The first-order chi connectivity index (χ1) is 8.27. The molecule has 0 aliphatic heterocycles. The third-order valence-electron chi connectivity index (χ3n) is 3.18. The maximum Gasteiger partial charge on any atom is 0.0512 e. The predicted octanol–water partition coefficient (Wildman–Crippen LogP) is 3.88. The molecule has 0 saturated carbocycles. The molecule has 0 radical (unpaired) electrons. The van der Waals surface area contributed by atoms with Gasteiger partial charge in [0.25, 0.3) is 0 Å². The van der Waals surface area contributed by atoms with E-state index in [1.165, 1.54) is 70.9 Å². The average molecular weight is 243 g/mol. The molecule has 0 spiro atoms. The van der Waals surface area contributed by atoms with E-state index in [0.29, 0.717) is 0 Å². The van der Waals surface area contributed by atoms with Crippen LogP contribution < -0.4 is 5.32 Å². The predicted molar refractivity (Wildman–Crippen MR) is 76.4 cm³/mol. The van der Waals surface area contributed by atoms with Gasteiger partial charge in [-0.2, -0.15) is 0 Å². The van der Waals surface area contributed by atoms with Crippen LogP contribution in [-0.4, -0.2) is 24.3 Å². The van der Waals surface area contributed by atoms with Crippen LogP contribution in [-0.2, 0) is 0 Å². The quantitative estimate of drug-likeness (QED) is 0.481. The van der Waals surface area contributed by atoms with Gasteiger partial charge >= 0.3 is 0 Å². The molecule has 0 aromatic heterocycles. The maximum absolute atomic E-state index is 9.11. The zero-order chi connectivity index (χ0) is 12.8. The van der Waals surface area contributed by atoms with Crippen LogP contribution in [0.1, 0.15) is 78.1 Å². The van der Waals surface area contributed by atoms with E-state index >= 15 is 0 Å². The Bertz CT molecular complexity index is 137. The second-order valence-corrected chi connectivity index (χ2v) is 5.22. The Balaban J connectivity index is 2.89. The number of aliphatic hydroxyl groups excluding tert-OH is 1. The highest BCUT2D eigenvalue weighted by Crippen LogP contribution is 2.09. The second kappa shape index (κ2) is 14.0. The molecular formula is C15H33NO. The number of aliphatic hydroxyl groups is 1. The summed E-state index contributed by atoms with van der Waals surface area (Å²) in [5.74, 6) is 0. The van der Waals surface area contributed by atoms with E-state index in [2.05, 4.69) is 12.2 Å². The van der Waals surface area contributed by atoms with Gasteiger partial charge in [0.1, 0.15) is 0 Å². The van der Waals surface area contributed by atoms with Crippen LogP contribution in [0.3, 0.4) is 0 Å². The smallest absolute Gasteiger partial charge is 0.0512 e. The fourth-order valence-corrected chi connectivity index (χ4v) is 2.00. The van der Waals surface area contributed by atoms with Gasteiger partial charge in [-0.15, -0.1) is 0 Å². The standard InChI is InChI=1S/C15H33NO/c1-3-4-13-16-14-11-9-7-5-6-8-10-12-15(2)17/h15-17H,3-14H2,1-2H3. The minimum atomic E-state index is -0.107. The first-order valence-electron chi connectivity index (χ1n) is 7.66. The molecule has 17 heavy (non-hydrogen) atoms. The van der Waals surface area contributed by atoms with Crippen molar-refractivity contribution in [2.45, 2.75) is 84.2 Å². The van der Waals surface area contributed by atoms with E-state index < -0.39 is 0 Å². The van der Waals surface area contributed by atoms with Crippen molar-refractivity contribution in [3.8, 4) is 0 Å². The van der Waals surface area contributed by atoms with Gasteiger partial charge in [-0.25, -0.2) is 0 Å². The van der Waals surface area contributed by atoms with Crippen molar-refractivity contribution in [2.24, 2.45) is 0 Å². The highest BCUT2D eigenvalue weighted by Gasteiger charge is 1.95. The van der Waals surface area contributed by atoms with Crippen LogP contribution in [0.25, 0.3) is 0 Å². The monoisotopic (exact) mass is 243 g/mol. The van der Waals surface area contributed by atoms with Gasteiger partial charge in [0, 0.05) is 0 Å². The molecule has 2 heteroatoms. The number of nitrogens with one attached hydrogen (secondary N) is 1. The molecule has 2 N–H and O–H groups in total. The minimum absolute atomic E-state index is 0.107. The molecule has 0 saturated heterocycles. The Hall–Kier alpha value is -0.0800. The molecule has 0 amide bonds. The summed E-state index contributed by atoms with van der Waals surface area (Å²) in [4.78, 5) is 0.